The van der Waals surface area contributed by atoms with Crippen molar-refractivity contribution in [3.05, 3.63) is 0 Å². The van der Waals surface area contributed by atoms with Crippen LogP contribution in [0.5, 0.6) is 0 Å². The lowest BCUT2D eigenvalue weighted by Gasteiger charge is -2.21. The first-order chi connectivity index (χ1) is 19.1. The summed E-state index contributed by atoms with van der Waals surface area (Å²) in [6.45, 7) is 13.3. The minimum absolute atomic E-state index is 0.0321. The molecule has 4 unspecified atom stereocenters. The van der Waals surface area contributed by atoms with Crippen LogP contribution in [0.25, 0.3) is 0 Å². The minimum Gasteiger partial charge on any atom is -0.379 e. The van der Waals surface area contributed by atoms with E-state index in [1.165, 1.54) is 64.2 Å². The Kier molecular flexibility index (Phi) is 27.2. The maximum atomic E-state index is 10.4. The van der Waals surface area contributed by atoms with Crippen LogP contribution >= 0.6 is 0 Å². The summed E-state index contributed by atoms with van der Waals surface area (Å²) in [5, 5.41) is 0. The van der Waals surface area contributed by atoms with Crippen LogP contribution in [0.2, 0.25) is 0 Å². The molecule has 0 spiro atoms. The molecule has 0 bridgehead atoms. The molecule has 0 aromatic carbocycles. The first-order valence-electron chi connectivity index (χ1n) is 15.4. The Morgan fingerprint density at radius 1 is 0.500 bits per heavy atom. The van der Waals surface area contributed by atoms with Gasteiger partial charge >= 0.3 is 10.4 Å². The molecule has 0 aromatic rings. The van der Waals surface area contributed by atoms with E-state index in [0.29, 0.717) is 33.0 Å². The van der Waals surface area contributed by atoms with Crippen molar-refractivity contribution in [2.45, 2.75) is 130 Å². The largest absolute Gasteiger partial charge is 0.397 e. The van der Waals surface area contributed by atoms with Crippen molar-refractivity contribution in [2.75, 3.05) is 59.5 Å². The van der Waals surface area contributed by atoms with Gasteiger partial charge in [0.05, 0.1) is 77.3 Å². The number of unbranched alkanes of at least 4 members (excludes halogenated alkanes) is 10. The van der Waals surface area contributed by atoms with Gasteiger partial charge in [0.1, 0.15) is 0 Å². The molecule has 11 heteroatoms. The Labute approximate surface area is 245 Å². The van der Waals surface area contributed by atoms with Crippen molar-refractivity contribution in [2.24, 2.45) is 0 Å². The smallest absolute Gasteiger partial charge is 0.379 e. The molecule has 4 atom stereocenters. The first kappa shape index (κ1) is 39.6. The topological polar surface area (TPSA) is 119 Å². The van der Waals surface area contributed by atoms with Gasteiger partial charge in [-0.3, -0.25) is 4.55 Å². The van der Waals surface area contributed by atoms with Gasteiger partial charge in [-0.1, -0.05) is 71.1 Å². The molecular formula is C29H60O10S. The monoisotopic (exact) mass is 600 g/mol. The molecule has 0 aromatic heterocycles. The van der Waals surface area contributed by atoms with Crippen molar-refractivity contribution in [1.82, 2.24) is 0 Å². The van der Waals surface area contributed by atoms with Gasteiger partial charge < -0.3 is 28.4 Å². The number of rotatable bonds is 31. The number of hydrogen-bond donors (Lipinski definition) is 1. The summed E-state index contributed by atoms with van der Waals surface area (Å²) in [5.74, 6) is 0. The van der Waals surface area contributed by atoms with Crippen molar-refractivity contribution < 1.29 is 45.6 Å². The predicted molar refractivity (Wildman–Crippen MR) is 157 cm³/mol. The molecule has 0 saturated carbocycles. The van der Waals surface area contributed by atoms with E-state index in [9.17, 15) is 8.42 Å². The molecule has 0 rings (SSSR count). The van der Waals surface area contributed by atoms with Crippen LogP contribution in [0.1, 0.15) is 105 Å². The summed E-state index contributed by atoms with van der Waals surface area (Å²) >= 11 is 0. The van der Waals surface area contributed by atoms with E-state index in [0.717, 1.165) is 13.0 Å². The Bertz CT molecular complexity index is 634. The molecule has 0 aliphatic carbocycles. The Morgan fingerprint density at radius 3 is 1.43 bits per heavy atom. The van der Waals surface area contributed by atoms with Crippen molar-refractivity contribution in [3.63, 3.8) is 0 Å². The second kappa shape index (κ2) is 27.5. The lowest BCUT2D eigenvalue weighted by Crippen LogP contribution is -2.28. The van der Waals surface area contributed by atoms with E-state index < -0.39 is 10.4 Å². The fourth-order valence-corrected chi connectivity index (χ4v) is 4.10. The summed E-state index contributed by atoms with van der Waals surface area (Å²) in [6, 6.07) is 0. The van der Waals surface area contributed by atoms with Gasteiger partial charge in [0.2, 0.25) is 0 Å². The van der Waals surface area contributed by atoms with E-state index in [-0.39, 0.29) is 44.2 Å². The van der Waals surface area contributed by atoms with Gasteiger partial charge in [-0.05, 0) is 34.1 Å². The summed E-state index contributed by atoms with van der Waals surface area (Å²) < 4.78 is 67.4. The molecule has 242 valence electrons. The SMILES string of the molecule is CCCCCCCCCCCCCOCC(C)OCC(C)OCC(C)OCC(C)OCCOCCOS(=O)(=O)O. The van der Waals surface area contributed by atoms with E-state index >= 15 is 0 Å². The summed E-state index contributed by atoms with van der Waals surface area (Å²) in [7, 11) is -4.43. The van der Waals surface area contributed by atoms with Crippen molar-refractivity contribution >= 4 is 10.4 Å². The van der Waals surface area contributed by atoms with Gasteiger partial charge in [-0.25, -0.2) is 4.18 Å². The first-order valence-corrected chi connectivity index (χ1v) is 16.7. The minimum atomic E-state index is -4.43. The Morgan fingerprint density at radius 2 is 0.925 bits per heavy atom. The van der Waals surface area contributed by atoms with Crippen LogP contribution in [-0.2, 0) is 43.0 Å². The van der Waals surface area contributed by atoms with Crippen LogP contribution in [0, 0.1) is 0 Å². The van der Waals surface area contributed by atoms with Crippen LogP contribution in [0.3, 0.4) is 0 Å². The summed E-state index contributed by atoms with van der Waals surface area (Å²) in [4.78, 5) is 0. The molecule has 10 nitrogen and oxygen atoms in total. The lowest BCUT2D eigenvalue weighted by atomic mass is 10.1. The van der Waals surface area contributed by atoms with E-state index in [1.807, 2.05) is 27.7 Å². The number of ether oxygens (including phenoxy) is 6. The third-order valence-corrected chi connectivity index (χ3v) is 6.65. The molecular weight excluding hydrogens is 540 g/mol. The lowest BCUT2D eigenvalue weighted by molar-refractivity contribution is -0.0947. The highest BCUT2D eigenvalue weighted by molar-refractivity contribution is 7.80. The van der Waals surface area contributed by atoms with Gasteiger partial charge in [0.15, 0.2) is 0 Å². The second-order valence-electron chi connectivity index (χ2n) is 10.6. The summed E-state index contributed by atoms with van der Waals surface area (Å²) in [5.41, 5.74) is 0. The highest BCUT2D eigenvalue weighted by Crippen LogP contribution is 2.11. The zero-order chi connectivity index (χ0) is 29.9. The molecule has 0 aliphatic heterocycles. The molecule has 0 radical (unpaired) electrons. The van der Waals surface area contributed by atoms with Gasteiger partial charge in [-0.15, -0.1) is 0 Å². The quantitative estimate of drug-likeness (QED) is 0.0776. The molecule has 0 aliphatic rings. The van der Waals surface area contributed by atoms with Crippen LogP contribution in [-0.4, -0.2) is 96.8 Å². The highest BCUT2D eigenvalue weighted by Gasteiger charge is 2.12. The fraction of sp³-hybridized carbons (Fsp3) is 1.00. The average molecular weight is 601 g/mol. The van der Waals surface area contributed by atoms with Crippen LogP contribution < -0.4 is 0 Å². The number of hydrogen-bond acceptors (Lipinski definition) is 9. The van der Waals surface area contributed by atoms with Gasteiger partial charge in [0.25, 0.3) is 0 Å². The van der Waals surface area contributed by atoms with Crippen molar-refractivity contribution in [1.29, 1.82) is 0 Å². The zero-order valence-electron chi connectivity index (χ0n) is 26.0. The molecule has 40 heavy (non-hydrogen) atoms. The molecule has 0 heterocycles. The fourth-order valence-electron chi connectivity index (χ4n) is 3.82. The van der Waals surface area contributed by atoms with Gasteiger partial charge in [-0.2, -0.15) is 8.42 Å². The Hall–Kier alpha value is -0.370. The summed E-state index contributed by atoms with van der Waals surface area (Å²) in [6.07, 6.45) is 14.5. The van der Waals surface area contributed by atoms with E-state index in [2.05, 4.69) is 11.1 Å². The second-order valence-corrected chi connectivity index (χ2v) is 11.7. The zero-order valence-corrected chi connectivity index (χ0v) is 26.8. The molecule has 0 saturated heterocycles. The van der Waals surface area contributed by atoms with Crippen molar-refractivity contribution in [3.8, 4) is 0 Å². The standard InChI is InChI=1S/C29H60O10S/c1-6-7-8-9-10-11-12-13-14-15-16-17-34-22-26(2)36-24-28(4)38-25-29(5)37-23-27(3)35-20-18-33-19-21-39-40(30,31)32/h26-29H,6-25H2,1-5H3,(H,30,31,32). The molecule has 0 fully saturated rings. The molecule has 0 amide bonds. The normalized spacial score (nSPS) is 15.2. The average Bonchev–Trinajstić information content (AvgIpc) is 2.90. The third-order valence-electron chi connectivity index (χ3n) is 6.18. The maximum Gasteiger partial charge on any atom is 0.397 e. The molecule has 1 N–H and O–H groups in total. The van der Waals surface area contributed by atoms with Crippen LogP contribution in [0.4, 0.5) is 0 Å². The maximum absolute atomic E-state index is 10.4. The van der Waals surface area contributed by atoms with Crippen LogP contribution in [0.15, 0.2) is 0 Å². The Balaban J connectivity index is 3.54. The highest BCUT2D eigenvalue weighted by atomic mass is 32.3. The van der Waals surface area contributed by atoms with E-state index in [1.54, 1.807) is 0 Å². The van der Waals surface area contributed by atoms with E-state index in [4.69, 9.17) is 33.0 Å². The van der Waals surface area contributed by atoms with Gasteiger partial charge in [0, 0.05) is 6.61 Å². The third kappa shape index (κ3) is 30.6. The predicted octanol–water partition coefficient (Wildman–Crippen LogP) is 5.77.